The molecule has 0 spiro atoms. The highest BCUT2D eigenvalue weighted by Crippen LogP contribution is 2.21. The lowest BCUT2D eigenvalue weighted by atomic mass is 10.0. The van der Waals surface area contributed by atoms with Crippen LogP contribution >= 0.6 is 0 Å². The van der Waals surface area contributed by atoms with E-state index in [9.17, 15) is 19.2 Å². The first-order valence-corrected chi connectivity index (χ1v) is 10.2. The molecule has 170 valence electrons. The average molecular weight is 434 g/mol. The first-order chi connectivity index (χ1) is 14.6. The summed E-state index contributed by atoms with van der Waals surface area (Å²) < 4.78 is 4.78. The van der Waals surface area contributed by atoms with Gasteiger partial charge in [-0.1, -0.05) is 13.8 Å². The fraction of sp³-hybridized carbons (Fsp3) is 0.600. The van der Waals surface area contributed by atoms with Crippen LogP contribution in [0.5, 0.6) is 0 Å². The van der Waals surface area contributed by atoms with Crippen molar-refractivity contribution in [3.8, 4) is 0 Å². The smallest absolute Gasteiger partial charge is 0.328 e. The highest BCUT2D eigenvalue weighted by molar-refractivity contribution is 5.98. The van der Waals surface area contributed by atoms with Crippen LogP contribution in [0.4, 0.5) is 4.79 Å². The third-order valence-corrected chi connectivity index (χ3v) is 4.87. The Morgan fingerprint density at radius 1 is 1.13 bits per heavy atom. The molecular formula is C20H30N6O5. The SMILES string of the molecule is COC(=O)C(NC(=O)C1C(NC(=O)NC(C)C)CCN1C(=O)c1cnccn1)C(C)C. The summed E-state index contributed by atoms with van der Waals surface area (Å²) in [6, 6.07) is -3.12. The maximum absolute atomic E-state index is 13.2. The molecule has 1 saturated heterocycles. The molecule has 3 N–H and O–H groups in total. The normalized spacial score (nSPS) is 19.1. The molecule has 1 aromatic rings. The van der Waals surface area contributed by atoms with E-state index >= 15 is 0 Å². The summed E-state index contributed by atoms with van der Waals surface area (Å²) >= 11 is 0. The van der Waals surface area contributed by atoms with Gasteiger partial charge < -0.3 is 25.6 Å². The van der Waals surface area contributed by atoms with Crippen molar-refractivity contribution in [2.24, 2.45) is 5.92 Å². The zero-order valence-electron chi connectivity index (χ0n) is 18.4. The van der Waals surface area contributed by atoms with Gasteiger partial charge in [0.2, 0.25) is 5.91 Å². The van der Waals surface area contributed by atoms with Gasteiger partial charge in [-0.3, -0.25) is 14.6 Å². The van der Waals surface area contributed by atoms with E-state index in [-0.39, 0.29) is 24.2 Å². The fourth-order valence-corrected chi connectivity index (χ4v) is 3.39. The monoisotopic (exact) mass is 434 g/mol. The molecule has 0 bridgehead atoms. The molecule has 4 amide bonds. The van der Waals surface area contributed by atoms with Gasteiger partial charge >= 0.3 is 12.0 Å². The van der Waals surface area contributed by atoms with Gasteiger partial charge in [0.25, 0.3) is 5.91 Å². The number of carbonyl (C=O) groups is 4. The lowest BCUT2D eigenvalue weighted by molar-refractivity contribution is -0.146. The van der Waals surface area contributed by atoms with Crippen molar-refractivity contribution in [3.05, 3.63) is 24.3 Å². The van der Waals surface area contributed by atoms with Crippen LogP contribution in [-0.4, -0.2) is 76.5 Å². The van der Waals surface area contributed by atoms with Crippen molar-refractivity contribution >= 4 is 23.8 Å². The molecule has 0 radical (unpaired) electrons. The molecule has 11 heteroatoms. The average Bonchev–Trinajstić information content (AvgIpc) is 3.13. The summed E-state index contributed by atoms with van der Waals surface area (Å²) in [5.41, 5.74) is 0.0842. The van der Waals surface area contributed by atoms with Gasteiger partial charge in [-0.25, -0.2) is 14.6 Å². The van der Waals surface area contributed by atoms with Crippen LogP contribution in [0.25, 0.3) is 0 Å². The molecule has 1 fully saturated rings. The number of likely N-dealkylation sites (tertiary alicyclic amines) is 1. The van der Waals surface area contributed by atoms with Gasteiger partial charge in [-0.05, 0) is 26.2 Å². The van der Waals surface area contributed by atoms with E-state index in [1.165, 1.54) is 30.6 Å². The molecule has 0 saturated carbocycles. The number of urea groups is 1. The molecular weight excluding hydrogens is 404 g/mol. The summed E-state index contributed by atoms with van der Waals surface area (Å²) in [7, 11) is 1.24. The molecule has 0 aromatic carbocycles. The zero-order valence-corrected chi connectivity index (χ0v) is 18.4. The molecule has 1 aliphatic rings. The lowest BCUT2D eigenvalue weighted by Crippen LogP contribution is -2.59. The summed E-state index contributed by atoms with van der Waals surface area (Å²) in [5, 5.41) is 8.15. The maximum Gasteiger partial charge on any atom is 0.328 e. The van der Waals surface area contributed by atoms with Gasteiger partial charge in [0, 0.05) is 25.0 Å². The van der Waals surface area contributed by atoms with Crippen molar-refractivity contribution in [3.63, 3.8) is 0 Å². The van der Waals surface area contributed by atoms with E-state index in [1.54, 1.807) is 13.8 Å². The van der Waals surface area contributed by atoms with Crippen molar-refractivity contribution in [1.82, 2.24) is 30.8 Å². The van der Waals surface area contributed by atoms with Gasteiger partial charge in [0.1, 0.15) is 17.8 Å². The molecule has 0 aliphatic carbocycles. The second-order valence-electron chi connectivity index (χ2n) is 7.96. The van der Waals surface area contributed by atoms with Gasteiger partial charge in [-0.2, -0.15) is 0 Å². The number of nitrogens with zero attached hydrogens (tertiary/aromatic N) is 3. The number of ether oxygens (including phenoxy) is 1. The van der Waals surface area contributed by atoms with Crippen LogP contribution in [0.1, 0.15) is 44.6 Å². The second-order valence-corrected chi connectivity index (χ2v) is 7.96. The van der Waals surface area contributed by atoms with Crippen LogP contribution in [0.15, 0.2) is 18.6 Å². The lowest BCUT2D eigenvalue weighted by Gasteiger charge is -2.30. The van der Waals surface area contributed by atoms with E-state index in [1.807, 2.05) is 13.8 Å². The highest BCUT2D eigenvalue weighted by Gasteiger charge is 2.44. The maximum atomic E-state index is 13.2. The van der Waals surface area contributed by atoms with Crippen molar-refractivity contribution in [1.29, 1.82) is 0 Å². The standard InChI is InChI=1S/C20H30N6O5/c1-11(2)15(19(29)31-5)25-17(27)16-13(24-20(30)23-12(3)4)6-9-26(16)18(28)14-10-21-7-8-22-14/h7-8,10-13,15-16H,6,9H2,1-5H3,(H,25,27)(H2,23,24,30). The van der Waals surface area contributed by atoms with E-state index in [4.69, 9.17) is 4.74 Å². The summed E-state index contributed by atoms with van der Waals surface area (Å²) in [6.07, 6.45) is 4.50. The van der Waals surface area contributed by atoms with E-state index in [2.05, 4.69) is 25.9 Å². The number of hydrogen-bond donors (Lipinski definition) is 3. The first-order valence-electron chi connectivity index (χ1n) is 10.2. The predicted molar refractivity (Wildman–Crippen MR) is 111 cm³/mol. The Morgan fingerprint density at radius 2 is 1.84 bits per heavy atom. The van der Waals surface area contributed by atoms with Crippen LogP contribution in [0.2, 0.25) is 0 Å². The Kier molecular flexibility index (Phi) is 8.29. The minimum absolute atomic E-state index is 0.0842. The van der Waals surface area contributed by atoms with Crippen LogP contribution < -0.4 is 16.0 Å². The molecule has 1 aliphatic heterocycles. The second kappa shape index (κ2) is 10.7. The van der Waals surface area contributed by atoms with Crippen LogP contribution in [0, 0.1) is 5.92 Å². The third kappa shape index (κ3) is 6.12. The van der Waals surface area contributed by atoms with E-state index in [0.717, 1.165) is 0 Å². The van der Waals surface area contributed by atoms with E-state index < -0.39 is 41.9 Å². The third-order valence-electron chi connectivity index (χ3n) is 4.87. The number of methoxy groups -OCH3 is 1. The highest BCUT2D eigenvalue weighted by atomic mass is 16.5. The van der Waals surface area contributed by atoms with E-state index in [0.29, 0.717) is 6.42 Å². The van der Waals surface area contributed by atoms with Crippen molar-refractivity contribution in [2.75, 3.05) is 13.7 Å². The molecule has 3 atom stereocenters. The van der Waals surface area contributed by atoms with Gasteiger partial charge in [-0.15, -0.1) is 0 Å². The Hall–Kier alpha value is -3.24. The molecule has 31 heavy (non-hydrogen) atoms. The van der Waals surface area contributed by atoms with Crippen molar-refractivity contribution in [2.45, 2.75) is 58.3 Å². The number of carbonyl (C=O) groups excluding carboxylic acids is 4. The largest absolute Gasteiger partial charge is 0.467 e. The number of rotatable bonds is 7. The topological polar surface area (TPSA) is 143 Å². The van der Waals surface area contributed by atoms with Crippen LogP contribution in [-0.2, 0) is 14.3 Å². The van der Waals surface area contributed by atoms with Gasteiger partial charge in [0.15, 0.2) is 0 Å². The molecule has 3 unspecified atom stereocenters. The fourth-order valence-electron chi connectivity index (χ4n) is 3.39. The Balaban J connectivity index is 2.29. The minimum Gasteiger partial charge on any atom is -0.467 e. The Bertz CT molecular complexity index is 801. The first kappa shape index (κ1) is 24.0. The number of amides is 4. The molecule has 2 rings (SSSR count). The summed E-state index contributed by atoms with van der Waals surface area (Å²) in [5.74, 6) is -1.87. The Morgan fingerprint density at radius 3 is 2.39 bits per heavy atom. The quantitative estimate of drug-likeness (QED) is 0.516. The van der Waals surface area contributed by atoms with Gasteiger partial charge in [0.05, 0.1) is 19.3 Å². The molecule has 1 aromatic heterocycles. The minimum atomic E-state index is -1.03. The number of aromatic nitrogens is 2. The summed E-state index contributed by atoms with van der Waals surface area (Å²) in [4.78, 5) is 59.8. The number of nitrogens with one attached hydrogen (secondary N) is 3. The molecule has 11 nitrogen and oxygen atoms in total. The molecule has 2 heterocycles. The predicted octanol–water partition coefficient (Wildman–Crippen LogP) is 0.0811. The zero-order chi connectivity index (χ0) is 23.1. The summed E-state index contributed by atoms with van der Waals surface area (Å²) in [6.45, 7) is 7.39. The van der Waals surface area contributed by atoms with Crippen molar-refractivity contribution < 1.29 is 23.9 Å². The number of hydrogen-bond acceptors (Lipinski definition) is 7. The Labute approximate surface area is 181 Å². The number of esters is 1. The van der Waals surface area contributed by atoms with Crippen LogP contribution in [0.3, 0.4) is 0 Å².